The van der Waals surface area contributed by atoms with Gasteiger partial charge in [-0.2, -0.15) is 0 Å². The van der Waals surface area contributed by atoms with Gasteiger partial charge in [0.05, 0.1) is 6.04 Å². The zero-order chi connectivity index (χ0) is 13.3. The molecule has 0 saturated carbocycles. The van der Waals surface area contributed by atoms with Gasteiger partial charge in [-0.3, -0.25) is 4.99 Å². The van der Waals surface area contributed by atoms with Crippen LogP contribution in [0.3, 0.4) is 0 Å². The van der Waals surface area contributed by atoms with Crippen LogP contribution in [0.25, 0.3) is 0 Å². The number of rotatable bonds is 2. The van der Waals surface area contributed by atoms with Crippen LogP contribution in [0.1, 0.15) is 13.8 Å². The highest BCUT2D eigenvalue weighted by atomic mass is 79.9. The van der Waals surface area contributed by atoms with Gasteiger partial charge in [-0.15, -0.1) is 0 Å². The van der Waals surface area contributed by atoms with Crippen LogP contribution in [0.15, 0.2) is 21.6 Å². The number of hydrogen-bond donors (Lipinski definition) is 1. The third kappa shape index (κ3) is 3.03. The Morgan fingerprint density at radius 1 is 1.39 bits per heavy atom. The van der Waals surface area contributed by atoms with E-state index in [9.17, 15) is 8.78 Å². The maximum atomic E-state index is 13.6. The molecule has 1 aliphatic rings. The van der Waals surface area contributed by atoms with Crippen LogP contribution in [0.2, 0.25) is 0 Å². The molecule has 1 atom stereocenters. The summed E-state index contributed by atoms with van der Waals surface area (Å²) in [6.45, 7) is 4.16. The summed E-state index contributed by atoms with van der Waals surface area (Å²) in [5, 5.41) is 3.31. The quantitative estimate of drug-likeness (QED) is 0.873. The van der Waals surface area contributed by atoms with Gasteiger partial charge in [0.2, 0.25) is 0 Å². The number of hydrogen-bond acceptors (Lipinski definition) is 3. The van der Waals surface area contributed by atoms with E-state index in [-0.39, 0.29) is 11.7 Å². The highest BCUT2D eigenvalue weighted by molar-refractivity contribution is 9.10. The van der Waals surface area contributed by atoms with Gasteiger partial charge in [-0.25, -0.2) is 8.78 Å². The molecule has 0 aromatic heterocycles. The van der Waals surface area contributed by atoms with E-state index >= 15 is 0 Å². The Morgan fingerprint density at radius 2 is 2.00 bits per heavy atom. The molecule has 0 amide bonds. The first-order chi connectivity index (χ1) is 8.47. The van der Waals surface area contributed by atoms with E-state index in [2.05, 4.69) is 40.1 Å². The molecule has 0 aliphatic carbocycles. The third-order valence-corrected chi connectivity index (χ3v) is 4.13. The van der Waals surface area contributed by atoms with Gasteiger partial charge < -0.3 is 5.32 Å². The highest BCUT2D eigenvalue weighted by Crippen LogP contribution is 2.28. The minimum absolute atomic E-state index is 0.145. The summed E-state index contributed by atoms with van der Waals surface area (Å²) in [6, 6.07) is 2.66. The van der Waals surface area contributed by atoms with E-state index in [1.165, 1.54) is 23.9 Å². The van der Waals surface area contributed by atoms with Crippen molar-refractivity contribution in [1.29, 1.82) is 0 Å². The Bertz CT molecular complexity index is 468. The molecular weight excluding hydrogens is 322 g/mol. The zero-order valence-electron chi connectivity index (χ0n) is 10.0. The first-order valence-electron chi connectivity index (χ1n) is 5.59. The molecule has 1 aromatic carbocycles. The van der Waals surface area contributed by atoms with Gasteiger partial charge >= 0.3 is 0 Å². The van der Waals surface area contributed by atoms with Crippen molar-refractivity contribution in [3.05, 3.63) is 28.2 Å². The summed E-state index contributed by atoms with van der Waals surface area (Å²) >= 11 is 4.53. The molecule has 0 spiro atoms. The van der Waals surface area contributed by atoms with Gasteiger partial charge in [0.15, 0.2) is 16.8 Å². The number of aliphatic imine (C=N–C) groups is 1. The molecule has 2 nitrogen and oxygen atoms in total. The van der Waals surface area contributed by atoms with E-state index in [0.29, 0.717) is 15.6 Å². The minimum atomic E-state index is -0.627. The van der Waals surface area contributed by atoms with E-state index in [1.54, 1.807) is 0 Å². The third-order valence-electron chi connectivity index (χ3n) is 2.68. The van der Waals surface area contributed by atoms with Crippen molar-refractivity contribution in [2.24, 2.45) is 10.9 Å². The Morgan fingerprint density at radius 3 is 2.50 bits per heavy atom. The first-order valence-corrected chi connectivity index (χ1v) is 7.37. The van der Waals surface area contributed by atoms with Gasteiger partial charge in [0.1, 0.15) is 5.69 Å². The number of benzene rings is 1. The molecule has 1 aliphatic heterocycles. The second-order valence-electron chi connectivity index (χ2n) is 4.43. The van der Waals surface area contributed by atoms with Gasteiger partial charge in [0, 0.05) is 10.2 Å². The lowest BCUT2D eigenvalue weighted by atomic mass is 10.1. The van der Waals surface area contributed by atoms with E-state index in [4.69, 9.17) is 0 Å². The topological polar surface area (TPSA) is 24.4 Å². The van der Waals surface area contributed by atoms with Crippen molar-refractivity contribution in [3.8, 4) is 0 Å². The minimum Gasteiger partial charge on any atom is -0.330 e. The Hall–Kier alpha value is -0.620. The molecule has 1 heterocycles. The molecule has 98 valence electrons. The van der Waals surface area contributed by atoms with Crippen LogP contribution >= 0.6 is 27.7 Å². The number of nitrogens with one attached hydrogen (secondary N) is 1. The van der Waals surface area contributed by atoms with Crippen molar-refractivity contribution in [2.45, 2.75) is 19.9 Å². The van der Waals surface area contributed by atoms with Crippen LogP contribution in [-0.2, 0) is 0 Å². The second-order valence-corrected chi connectivity index (χ2v) is 6.35. The van der Waals surface area contributed by atoms with Crippen LogP contribution < -0.4 is 5.32 Å². The van der Waals surface area contributed by atoms with Crippen molar-refractivity contribution in [1.82, 2.24) is 0 Å². The SMILES string of the molecule is CC(C)[C@H]1CSC(Nc2c(F)cc(Br)cc2F)=N1. The number of thioether (sulfide) groups is 1. The van der Waals surface area contributed by atoms with Crippen molar-refractivity contribution in [3.63, 3.8) is 0 Å². The summed E-state index contributed by atoms with van der Waals surface area (Å²) in [5.41, 5.74) is -0.145. The molecule has 0 radical (unpaired) electrons. The Balaban J connectivity index is 2.18. The largest absolute Gasteiger partial charge is 0.330 e. The lowest BCUT2D eigenvalue weighted by Gasteiger charge is -2.09. The van der Waals surface area contributed by atoms with Gasteiger partial charge in [0.25, 0.3) is 0 Å². The monoisotopic (exact) mass is 334 g/mol. The number of nitrogens with zero attached hydrogens (tertiary/aromatic N) is 1. The number of halogens is 3. The normalized spacial score (nSPS) is 19.2. The molecule has 0 bridgehead atoms. The number of amidine groups is 1. The number of anilines is 1. The van der Waals surface area contributed by atoms with Gasteiger partial charge in [-0.1, -0.05) is 41.5 Å². The standard InChI is InChI=1S/C12H13BrF2N2S/c1-6(2)10-5-18-12(16-10)17-11-8(14)3-7(13)4-9(11)15/h3-4,6,10H,5H2,1-2H3,(H,16,17)/t10-/m1/s1. The molecule has 2 rings (SSSR count). The predicted octanol–water partition coefficient (Wildman–Crippen LogP) is 4.27. The average Bonchev–Trinajstić information content (AvgIpc) is 2.71. The average molecular weight is 335 g/mol. The van der Waals surface area contributed by atoms with Crippen LogP contribution in [0.4, 0.5) is 14.5 Å². The molecule has 1 aromatic rings. The Labute approximate surface area is 117 Å². The molecule has 0 unspecified atom stereocenters. The fraction of sp³-hybridized carbons (Fsp3) is 0.417. The summed E-state index contributed by atoms with van der Waals surface area (Å²) in [4.78, 5) is 4.41. The Kier molecular flexibility index (Phi) is 4.27. The smallest absolute Gasteiger partial charge is 0.161 e. The second kappa shape index (κ2) is 5.57. The van der Waals surface area contributed by atoms with E-state index in [0.717, 1.165) is 5.75 Å². The maximum Gasteiger partial charge on any atom is 0.161 e. The molecule has 0 fully saturated rings. The lowest BCUT2D eigenvalue weighted by molar-refractivity contribution is 0.543. The molecule has 0 saturated heterocycles. The zero-order valence-corrected chi connectivity index (χ0v) is 12.4. The van der Waals surface area contributed by atoms with Crippen LogP contribution in [0, 0.1) is 17.6 Å². The fourth-order valence-corrected chi connectivity index (χ4v) is 3.14. The molecule has 6 heteroatoms. The fourth-order valence-electron chi connectivity index (χ4n) is 1.57. The summed E-state index contributed by atoms with van der Waals surface area (Å²) in [6.07, 6.45) is 0. The summed E-state index contributed by atoms with van der Waals surface area (Å²) in [7, 11) is 0. The highest BCUT2D eigenvalue weighted by Gasteiger charge is 2.22. The van der Waals surface area contributed by atoms with Crippen LogP contribution in [-0.4, -0.2) is 17.0 Å². The van der Waals surface area contributed by atoms with Crippen LogP contribution in [0.5, 0.6) is 0 Å². The van der Waals surface area contributed by atoms with Crippen molar-refractivity contribution >= 4 is 38.5 Å². The first kappa shape index (κ1) is 13.8. The van der Waals surface area contributed by atoms with E-state index < -0.39 is 11.6 Å². The van der Waals surface area contributed by atoms with E-state index in [1.807, 2.05) is 0 Å². The lowest BCUT2D eigenvalue weighted by Crippen LogP contribution is -2.12. The molecular formula is C12H13BrF2N2S. The maximum absolute atomic E-state index is 13.6. The molecule has 18 heavy (non-hydrogen) atoms. The molecule has 1 N–H and O–H groups in total. The van der Waals surface area contributed by atoms with Crippen molar-refractivity contribution in [2.75, 3.05) is 11.1 Å². The summed E-state index contributed by atoms with van der Waals surface area (Å²) < 4.78 is 27.6. The van der Waals surface area contributed by atoms with Crippen molar-refractivity contribution < 1.29 is 8.78 Å². The predicted molar refractivity (Wildman–Crippen MR) is 76.2 cm³/mol. The van der Waals surface area contributed by atoms with Gasteiger partial charge in [-0.05, 0) is 18.1 Å². The summed E-state index contributed by atoms with van der Waals surface area (Å²) in [5.74, 6) is 0.0208.